The van der Waals surface area contributed by atoms with Gasteiger partial charge in [-0.15, -0.1) is 11.3 Å². The second-order valence-corrected chi connectivity index (χ2v) is 7.59. The van der Waals surface area contributed by atoms with Crippen molar-refractivity contribution in [3.8, 4) is 0 Å². The average Bonchev–Trinajstić information content (AvgIpc) is 3.24. The van der Waals surface area contributed by atoms with E-state index in [1.54, 1.807) is 17.6 Å². The molecule has 0 amide bonds. The molecule has 5 nitrogen and oxygen atoms in total. The van der Waals surface area contributed by atoms with Crippen LogP contribution < -0.4 is 10.5 Å². The normalized spacial score (nSPS) is 14.9. The van der Waals surface area contributed by atoms with Crippen LogP contribution >= 0.6 is 11.3 Å². The molecule has 0 atom stereocenters. The summed E-state index contributed by atoms with van der Waals surface area (Å²) in [5.41, 5.74) is 3.10. The van der Waals surface area contributed by atoms with E-state index in [9.17, 15) is 4.79 Å². The van der Waals surface area contributed by atoms with E-state index in [-0.39, 0.29) is 5.56 Å². The zero-order chi connectivity index (χ0) is 17.4. The molecule has 1 aliphatic heterocycles. The van der Waals surface area contributed by atoms with Crippen molar-refractivity contribution >= 4 is 33.5 Å². The Labute approximate surface area is 150 Å². The average molecular weight is 352 g/mol. The van der Waals surface area contributed by atoms with Crippen LogP contribution in [0.1, 0.15) is 28.8 Å². The van der Waals surface area contributed by atoms with E-state index in [0.29, 0.717) is 5.39 Å². The Morgan fingerprint density at radius 2 is 1.88 bits per heavy atom. The molecule has 0 radical (unpaired) electrons. The standard InChI is InChI=1S/C19H20N4OS/c1-13-14(2)25-18-17(13)19(24)23(12-20-18)21-11-15-5-7-16(8-6-15)22-9-3-4-10-22/h5-8,11-12H,3-4,9-10H2,1-2H3/b21-11+. The SMILES string of the molecule is Cc1sc2ncn(/N=C/c3ccc(N4CCCC4)cc3)c(=O)c2c1C. The molecule has 1 saturated heterocycles. The van der Waals surface area contributed by atoms with E-state index in [2.05, 4.69) is 27.1 Å². The van der Waals surface area contributed by atoms with Gasteiger partial charge in [0, 0.05) is 23.7 Å². The highest BCUT2D eigenvalue weighted by molar-refractivity contribution is 7.18. The molecule has 3 heterocycles. The van der Waals surface area contributed by atoms with E-state index in [0.717, 1.165) is 33.9 Å². The number of hydrogen-bond acceptors (Lipinski definition) is 5. The van der Waals surface area contributed by atoms with Gasteiger partial charge in [-0.1, -0.05) is 12.1 Å². The molecule has 0 unspecified atom stereocenters. The molecule has 6 heteroatoms. The van der Waals surface area contributed by atoms with Crippen molar-refractivity contribution in [1.82, 2.24) is 9.66 Å². The predicted molar refractivity (Wildman–Crippen MR) is 104 cm³/mol. The molecule has 1 aliphatic rings. The first-order valence-electron chi connectivity index (χ1n) is 8.50. The van der Waals surface area contributed by atoms with Crippen LogP contribution in [-0.4, -0.2) is 29.0 Å². The first-order chi connectivity index (χ1) is 12.1. The van der Waals surface area contributed by atoms with Gasteiger partial charge in [0.25, 0.3) is 5.56 Å². The predicted octanol–water partition coefficient (Wildman–Crippen LogP) is 3.56. The highest BCUT2D eigenvalue weighted by Gasteiger charge is 2.12. The third kappa shape index (κ3) is 2.98. The quantitative estimate of drug-likeness (QED) is 0.677. The summed E-state index contributed by atoms with van der Waals surface area (Å²) in [6, 6.07) is 8.30. The molecule has 3 aromatic rings. The van der Waals surface area contributed by atoms with Crippen LogP contribution in [0.25, 0.3) is 10.2 Å². The van der Waals surface area contributed by atoms with Gasteiger partial charge in [0.1, 0.15) is 11.2 Å². The number of anilines is 1. The maximum absolute atomic E-state index is 12.6. The Hall–Kier alpha value is -2.47. The second-order valence-electron chi connectivity index (χ2n) is 6.39. The van der Waals surface area contributed by atoms with Crippen LogP contribution in [0.4, 0.5) is 5.69 Å². The van der Waals surface area contributed by atoms with E-state index in [4.69, 9.17) is 0 Å². The molecule has 128 valence electrons. The van der Waals surface area contributed by atoms with Gasteiger partial charge in [-0.25, -0.2) is 4.98 Å². The Morgan fingerprint density at radius 1 is 1.16 bits per heavy atom. The zero-order valence-electron chi connectivity index (χ0n) is 14.4. The van der Waals surface area contributed by atoms with Crippen LogP contribution in [0.2, 0.25) is 0 Å². The fraction of sp³-hybridized carbons (Fsp3) is 0.316. The Kier molecular flexibility index (Phi) is 4.13. The molecule has 25 heavy (non-hydrogen) atoms. The zero-order valence-corrected chi connectivity index (χ0v) is 15.2. The second kappa shape index (κ2) is 6.44. The summed E-state index contributed by atoms with van der Waals surface area (Å²) in [4.78, 5) is 21.3. The van der Waals surface area contributed by atoms with Gasteiger partial charge >= 0.3 is 0 Å². The molecular weight excluding hydrogens is 332 g/mol. The largest absolute Gasteiger partial charge is 0.372 e. The molecule has 0 aliphatic carbocycles. The van der Waals surface area contributed by atoms with Crippen molar-refractivity contribution in [3.63, 3.8) is 0 Å². The minimum Gasteiger partial charge on any atom is -0.372 e. The maximum atomic E-state index is 12.6. The molecule has 1 fully saturated rings. The number of benzene rings is 1. The van der Waals surface area contributed by atoms with E-state index in [1.807, 2.05) is 26.0 Å². The number of aromatic nitrogens is 2. The Bertz CT molecular complexity index is 995. The van der Waals surface area contributed by atoms with Gasteiger partial charge in [-0.3, -0.25) is 4.79 Å². The fourth-order valence-electron chi connectivity index (χ4n) is 3.18. The highest BCUT2D eigenvalue weighted by atomic mass is 32.1. The first-order valence-corrected chi connectivity index (χ1v) is 9.32. The summed E-state index contributed by atoms with van der Waals surface area (Å²) >= 11 is 1.55. The van der Waals surface area contributed by atoms with Gasteiger partial charge < -0.3 is 4.90 Å². The Balaban J connectivity index is 1.61. The van der Waals surface area contributed by atoms with E-state index < -0.39 is 0 Å². The molecule has 0 saturated carbocycles. The number of rotatable bonds is 3. The molecular formula is C19H20N4OS. The molecule has 4 rings (SSSR count). The van der Waals surface area contributed by atoms with Crippen molar-refractivity contribution in [2.45, 2.75) is 26.7 Å². The number of aryl methyl sites for hydroxylation is 2. The molecule has 2 aromatic heterocycles. The lowest BCUT2D eigenvalue weighted by Crippen LogP contribution is -2.17. The Morgan fingerprint density at radius 3 is 2.60 bits per heavy atom. The van der Waals surface area contributed by atoms with Crippen LogP contribution in [0.3, 0.4) is 0 Å². The lowest BCUT2D eigenvalue weighted by atomic mass is 10.2. The number of thiophene rings is 1. The summed E-state index contributed by atoms with van der Waals surface area (Å²) in [5, 5.41) is 4.98. The summed E-state index contributed by atoms with van der Waals surface area (Å²) in [6.07, 6.45) is 5.73. The van der Waals surface area contributed by atoms with Crippen molar-refractivity contribution in [2.24, 2.45) is 5.10 Å². The van der Waals surface area contributed by atoms with E-state index in [1.165, 1.54) is 29.5 Å². The fourth-order valence-corrected chi connectivity index (χ4v) is 4.17. The number of hydrogen-bond donors (Lipinski definition) is 0. The van der Waals surface area contributed by atoms with Gasteiger partial charge in [0.2, 0.25) is 0 Å². The summed E-state index contributed by atoms with van der Waals surface area (Å²) in [6.45, 7) is 6.24. The van der Waals surface area contributed by atoms with Gasteiger partial charge in [-0.05, 0) is 49.9 Å². The van der Waals surface area contributed by atoms with Crippen molar-refractivity contribution in [2.75, 3.05) is 18.0 Å². The lowest BCUT2D eigenvalue weighted by molar-refractivity contribution is 0.818. The third-order valence-electron chi connectivity index (χ3n) is 4.77. The van der Waals surface area contributed by atoms with Crippen LogP contribution in [-0.2, 0) is 0 Å². The van der Waals surface area contributed by atoms with Crippen LogP contribution in [0.15, 0.2) is 40.5 Å². The van der Waals surface area contributed by atoms with Crippen molar-refractivity contribution in [1.29, 1.82) is 0 Å². The number of fused-ring (bicyclic) bond motifs is 1. The van der Waals surface area contributed by atoms with Crippen LogP contribution in [0.5, 0.6) is 0 Å². The lowest BCUT2D eigenvalue weighted by Gasteiger charge is -2.17. The minimum absolute atomic E-state index is 0.114. The monoisotopic (exact) mass is 352 g/mol. The highest BCUT2D eigenvalue weighted by Crippen LogP contribution is 2.25. The summed E-state index contributed by atoms with van der Waals surface area (Å²) in [7, 11) is 0. The van der Waals surface area contributed by atoms with Crippen molar-refractivity contribution < 1.29 is 0 Å². The molecule has 0 N–H and O–H groups in total. The third-order valence-corrected chi connectivity index (χ3v) is 5.88. The molecule has 0 bridgehead atoms. The topological polar surface area (TPSA) is 50.5 Å². The number of nitrogens with zero attached hydrogens (tertiary/aromatic N) is 4. The molecule has 0 spiro atoms. The minimum atomic E-state index is -0.114. The summed E-state index contributed by atoms with van der Waals surface area (Å²) < 4.78 is 1.32. The molecule has 1 aromatic carbocycles. The maximum Gasteiger partial charge on any atom is 0.282 e. The smallest absolute Gasteiger partial charge is 0.282 e. The van der Waals surface area contributed by atoms with Crippen LogP contribution in [0, 0.1) is 13.8 Å². The van der Waals surface area contributed by atoms with Gasteiger partial charge in [0.05, 0.1) is 11.6 Å². The first kappa shape index (κ1) is 16.0. The summed E-state index contributed by atoms with van der Waals surface area (Å²) in [5.74, 6) is 0. The van der Waals surface area contributed by atoms with E-state index >= 15 is 0 Å². The van der Waals surface area contributed by atoms with Gasteiger partial charge in [-0.2, -0.15) is 9.78 Å². The van der Waals surface area contributed by atoms with Gasteiger partial charge in [0.15, 0.2) is 0 Å². The van der Waals surface area contributed by atoms with Crippen molar-refractivity contribution in [3.05, 3.63) is 57.0 Å².